The topological polar surface area (TPSA) is 57.2 Å². The van der Waals surface area contributed by atoms with E-state index in [1.54, 1.807) is 12.1 Å². The average molecular weight is 351 g/mol. The first-order chi connectivity index (χ1) is 12.1. The number of nitrogens with one attached hydrogen (secondary N) is 1. The SMILES string of the molecule is CN1CCN([C@H]2[C@@H]3OC[C@@H](O3)[C@@H](NCc3ccc(F)cc3)[C@@H]2O)CC1. The van der Waals surface area contributed by atoms with Crippen molar-refractivity contribution in [3.8, 4) is 0 Å². The molecular formula is C18H26FN3O3. The number of aliphatic hydroxyl groups excluding tert-OH is 1. The summed E-state index contributed by atoms with van der Waals surface area (Å²) in [4.78, 5) is 4.57. The van der Waals surface area contributed by atoms with Crippen molar-refractivity contribution in [3.63, 3.8) is 0 Å². The largest absolute Gasteiger partial charge is 0.390 e. The first-order valence-electron chi connectivity index (χ1n) is 8.97. The van der Waals surface area contributed by atoms with Gasteiger partial charge >= 0.3 is 0 Å². The van der Waals surface area contributed by atoms with Gasteiger partial charge < -0.3 is 24.8 Å². The van der Waals surface area contributed by atoms with Crippen LogP contribution in [0, 0.1) is 5.82 Å². The molecule has 0 aliphatic carbocycles. The molecule has 7 heteroatoms. The lowest BCUT2D eigenvalue weighted by Gasteiger charge is -2.46. The van der Waals surface area contributed by atoms with Gasteiger partial charge in [0.25, 0.3) is 0 Å². The van der Waals surface area contributed by atoms with Gasteiger partial charge in [0.1, 0.15) is 11.9 Å². The number of nitrogens with zero attached hydrogens (tertiary/aromatic N) is 2. The molecule has 4 rings (SSSR count). The minimum absolute atomic E-state index is 0.149. The van der Waals surface area contributed by atoms with Crippen molar-refractivity contribution in [1.29, 1.82) is 0 Å². The lowest BCUT2D eigenvalue weighted by Crippen LogP contribution is -2.66. The van der Waals surface area contributed by atoms with Gasteiger partial charge in [0.2, 0.25) is 0 Å². The third kappa shape index (κ3) is 3.58. The van der Waals surface area contributed by atoms with E-state index in [0.29, 0.717) is 13.2 Å². The number of fused-ring (bicyclic) bond motifs is 2. The summed E-state index contributed by atoms with van der Waals surface area (Å²) in [5, 5.41) is 14.4. The summed E-state index contributed by atoms with van der Waals surface area (Å²) in [7, 11) is 2.11. The molecule has 0 unspecified atom stereocenters. The van der Waals surface area contributed by atoms with E-state index < -0.39 is 6.10 Å². The Kier molecular flexibility index (Phi) is 5.04. The van der Waals surface area contributed by atoms with E-state index in [4.69, 9.17) is 9.47 Å². The van der Waals surface area contributed by atoms with Crippen molar-refractivity contribution in [3.05, 3.63) is 35.6 Å². The molecule has 3 fully saturated rings. The van der Waals surface area contributed by atoms with Crippen molar-refractivity contribution in [2.45, 2.75) is 37.1 Å². The number of ether oxygens (including phenoxy) is 2. The lowest BCUT2D eigenvalue weighted by atomic mass is 9.94. The molecule has 0 aromatic heterocycles. The van der Waals surface area contributed by atoms with Crippen molar-refractivity contribution in [2.75, 3.05) is 39.8 Å². The Hall–Kier alpha value is -1.09. The van der Waals surface area contributed by atoms with E-state index in [1.807, 2.05) is 0 Å². The molecule has 3 heterocycles. The van der Waals surface area contributed by atoms with Crippen molar-refractivity contribution >= 4 is 0 Å². The van der Waals surface area contributed by atoms with Crippen LogP contribution in [0.4, 0.5) is 4.39 Å². The summed E-state index contributed by atoms with van der Waals surface area (Å²) in [5.74, 6) is -0.244. The summed E-state index contributed by atoms with van der Waals surface area (Å²) in [6.45, 7) is 4.81. The van der Waals surface area contributed by atoms with E-state index in [9.17, 15) is 9.50 Å². The third-order valence-electron chi connectivity index (χ3n) is 5.55. The molecule has 0 amide bonds. The van der Waals surface area contributed by atoms with E-state index in [-0.39, 0.29) is 30.3 Å². The van der Waals surface area contributed by atoms with Crippen LogP contribution in [0.1, 0.15) is 5.56 Å². The third-order valence-corrected chi connectivity index (χ3v) is 5.55. The Labute approximate surface area is 147 Å². The molecule has 138 valence electrons. The van der Waals surface area contributed by atoms with Crippen LogP contribution in [0.15, 0.2) is 24.3 Å². The van der Waals surface area contributed by atoms with E-state index in [0.717, 1.165) is 31.7 Å². The maximum atomic E-state index is 13.0. The number of benzene rings is 1. The zero-order valence-corrected chi connectivity index (χ0v) is 14.5. The molecule has 0 radical (unpaired) electrons. The normalized spacial score (nSPS) is 36.7. The molecule has 3 aliphatic heterocycles. The maximum Gasteiger partial charge on any atom is 0.176 e. The Bertz CT molecular complexity index is 579. The number of hydrogen-bond donors (Lipinski definition) is 2. The maximum absolute atomic E-state index is 13.0. The monoisotopic (exact) mass is 351 g/mol. The predicted molar refractivity (Wildman–Crippen MR) is 90.5 cm³/mol. The number of hydrogen-bond acceptors (Lipinski definition) is 6. The Morgan fingerprint density at radius 1 is 1.20 bits per heavy atom. The van der Waals surface area contributed by atoms with Crippen LogP contribution in [0.5, 0.6) is 0 Å². The molecule has 2 N–H and O–H groups in total. The first-order valence-corrected chi connectivity index (χ1v) is 8.97. The lowest BCUT2D eigenvalue weighted by molar-refractivity contribution is -0.186. The fourth-order valence-electron chi connectivity index (χ4n) is 4.00. The molecule has 0 saturated carbocycles. The second kappa shape index (κ2) is 7.26. The minimum Gasteiger partial charge on any atom is -0.390 e. The van der Waals surface area contributed by atoms with E-state index >= 15 is 0 Å². The molecule has 25 heavy (non-hydrogen) atoms. The number of piperazine rings is 1. The van der Waals surface area contributed by atoms with Crippen LogP contribution in [-0.4, -0.2) is 85.3 Å². The quantitative estimate of drug-likeness (QED) is 0.798. The van der Waals surface area contributed by atoms with Gasteiger partial charge in [-0.15, -0.1) is 0 Å². The van der Waals surface area contributed by atoms with Gasteiger partial charge in [-0.1, -0.05) is 12.1 Å². The Balaban J connectivity index is 1.43. The molecule has 6 nitrogen and oxygen atoms in total. The second-order valence-electron chi connectivity index (χ2n) is 7.23. The molecule has 1 aromatic carbocycles. The molecule has 3 saturated heterocycles. The van der Waals surface area contributed by atoms with Crippen molar-refractivity contribution in [2.24, 2.45) is 0 Å². The molecule has 3 aliphatic rings. The highest BCUT2D eigenvalue weighted by Gasteiger charge is 2.52. The highest BCUT2D eigenvalue weighted by Crippen LogP contribution is 2.32. The summed E-state index contributed by atoms with van der Waals surface area (Å²) in [6.07, 6.45) is -1.06. The van der Waals surface area contributed by atoms with Gasteiger partial charge in [-0.25, -0.2) is 4.39 Å². The van der Waals surface area contributed by atoms with Gasteiger partial charge in [0.05, 0.1) is 24.8 Å². The average Bonchev–Trinajstić information content (AvgIpc) is 3.03. The van der Waals surface area contributed by atoms with Gasteiger partial charge in [-0.3, -0.25) is 4.90 Å². The van der Waals surface area contributed by atoms with Crippen molar-refractivity contribution in [1.82, 2.24) is 15.1 Å². The van der Waals surface area contributed by atoms with Gasteiger partial charge in [0.15, 0.2) is 6.29 Å². The second-order valence-corrected chi connectivity index (χ2v) is 7.23. The smallest absolute Gasteiger partial charge is 0.176 e. The molecule has 5 atom stereocenters. The summed E-state index contributed by atoms with van der Waals surface area (Å²) in [5.41, 5.74) is 0.978. The highest BCUT2D eigenvalue weighted by atomic mass is 19.1. The van der Waals surface area contributed by atoms with E-state index in [2.05, 4.69) is 22.2 Å². The van der Waals surface area contributed by atoms with Crippen molar-refractivity contribution < 1.29 is 19.0 Å². The van der Waals surface area contributed by atoms with Gasteiger partial charge in [-0.05, 0) is 24.7 Å². The Morgan fingerprint density at radius 2 is 1.92 bits per heavy atom. The molecule has 0 spiro atoms. The molecule has 2 bridgehead atoms. The number of halogens is 1. The van der Waals surface area contributed by atoms with E-state index in [1.165, 1.54) is 12.1 Å². The fraction of sp³-hybridized carbons (Fsp3) is 0.667. The first kappa shape index (κ1) is 17.3. The van der Waals surface area contributed by atoms with Crippen LogP contribution in [0.3, 0.4) is 0 Å². The van der Waals surface area contributed by atoms with Crippen LogP contribution in [0.25, 0.3) is 0 Å². The fourth-order valence-corrected chi connectivity index (χ4v) is 4.00. The van der Waals surface area contributed by atoms with Crippen LogP contribution < -0.4 is 5.32 Å². The zero-order chi connectivity index (χ0) is 17.4. The highest BCUT2D eigenvalue weighted by molar-refractivity contribution is 5.16. The van der Waals surface area contributed by atoms with Crippen LogP contribution >= 0.6 is 0 Å². The number of rotatable bonds is 4. The number of aliphatic hydroxyl groups is 1. The molecule has 1 aromatic rings. The van der Waals surface area contributed by atoms with Crippen LogP contribution in [-0.2, 0) is 16.0 Å². The number of likely N-dealkylation sites (N-methyl/N-ethyl adjacent to an activating group) is 1. The standard InChI is InChI=1S/C18H26FN3O3/c1-21-6-8-22(9-7-21)16-17(23)15(14-11-24-18(16)25-14)20-10-12-2-4-13(19)5-3-12/h2-5,14-18,20,23H,6-11H2,1H3/t14-,15-,16-,17+,18-/m1/s1. The summed E-state index contributed by atoms with van der Waals surface area (Å²) >= 11 is 0. The molecular weight excluding hydrogens is 325 g/mol. The van der Waals surface area contributed by atoms with Crippen LogP contribution in [0.2, 0.25) is 0 Å². The Morgan fingerprint density at radius 3 is 2.64 bits per heavy atom. The summed E-state index contributed by atoms with van der Waals surface area (Å²) in [6, 6.07) is 6.06. The summed E-state index contributed by atoms with van der Waals surface area (Å²) < 4.78 is 24.9. The zero-order valence-electron chi connectivity index (χ0n) is 14.5. The van der Waals surface area contributed by atoms with Gasteiger partial charge in [0, 0.05) is 32.7 Å². The van der Waals surface area contributed by atoms with Gasteiger partial charge in [-0.2, -0.15) is 0 Å². The predicted octanol–water partition coefficient (Wildman–Crippen LogP) is 0.0159. The minimum atomic E-state index is -0.560.